The molecule has 2 saturated heterocycles. The predicted octanol–water partition coefficient (Wildman–Crippen LogP) is 10.2. The summed E-state index contributed by atoms with van der Waals surface area (Å²) in [7, 11) is -7.00. The van der Waals surface area contributed by atoms with E-state index < -0.39 is 52.8 Å². The summed E-state index contributed by atoms with van der Waals surface area (Å²) >= 11 is 4.81. The van der Waals surface area contributed by atoms with E-state index in [9.17, 15) is 40.0 Å². The molecule has 0 unspecified atom stereocenters. The van der Waals surface area contributed by atoms with Crippen LogP contribution in [-0.2, 0) is 33.9 Å². The number of sulfone groups is 2. The first-order chi connectivity index (χ1) is 35.7. The number of nitrogens with zero attached hydrogens (tertiary/aromatic N) is 6. The lowest BCUT2D eigenvalue weighted by Gasteiger charge is -2.33. The fourth-order valence-electron chi connectivity index (χ4n) is 7.53. The lowest BCUT2D eigenvalue weighted by atomic mass is 10.1. The third-order valence-corrected chi connectivity index (χ3v) is 16.4. The third kappa shape index (κ3) is 16.7. The zero-order valence-corrected chi connectivity index (χ0v) is 46.3. The molecule has 2 amide bonds. The number of halogens is 3. The first kappa shape index (κ1) is 59.1. The normalized spacial score (nSPS) is 16.4. The molecule has 0 atom stereocenters. The Morgan fingerprint density at radius 2 is 0.961 bits per heavy atom. The summed E-state index contributed by atoms with van der Waals surface area (Å²) in [6, 6.07) is 7.23. The highest BCUT2D eigenvalue weighted by atomic mass is 35.5. The summed E-state index contributed by atoms with van der Waals surface area (Å²) in [4.78, 5) is 53.8. The van der Waals surface area contributed by atoms with E-state index in [1.807, 2.05) is 34.6 Å². The molecule has 8 rings (SSSR count). The number of aromatic nitrogens is 4. The minimum Gasteiger partial charge on any atom is -0.474 e. The Hall–Kier alpha value is -6.14. The van der Waals surface area contributed by atoms with E-state index in [0.29, 0.717) is 100 Å². The molecule has 20 nitrogen and oxygen atoms in total. The largest absolute Gasteiger partial charge is 0.474 e. The monoisotopic (exact) mass is 1120 g/mol. The first-order valence-electron chi connectivity index (χ1n) is 24.9. The summed E-state index contributed by atoms with van der Waals surface area (Å²) < 4.78 is 117. The molecule has 0 radical (unpaired) electrons. The Morgan fingerprint density at radius 3 is 1.28 bits per heavy atom. The van der Waals surface area contributed by atoms with Gasteiger partial charge in [-0.05, 0) is 124 Å². The van der Waals surface area contributed by atoms with Crippen molar-refractivity contribution in [3.8, 4) is 35.0 Å². The van der Waals surface area contributed by atoms with E-state index in [0.717, 1.165) is 12.1 Å². The van der Waals surface area contributed by atoms with Gasteiger partial charge in [-0.2, -0.15) is 0 Å². The maximum absolute atomic E-state index is 14.7. The smallest absolute Gasteiger partial charge is 0.410 e. The molecule has 416 valence electrons. The number of carbonyl (C=O) groups excluding carboxylic acids is 3. The van der Waals surface area contributed by atoms with E-state index >= 15 is 0 Å². The molecule has 4 aromatic rings. The van der Waals surface area contributed by atoms with Gasteiger partial charge in [-0.1, -0.05) is 0 Å². The molecule has 2 aromatic carbocycles. The first-order valence-corrected chi connectivity index (χ1v) is 28.4. The molecule has 76 heavy (non-hydrogen) atoms. The molecule has 0 bridgehead atoms. The summed E-state index contributed by atoms with van der Waals surface area (Å²) in [5, 5.41) is -0.844. The lowest BCUT2D eigenvalue weighted by Crippen LogP contribution is -2.44. The standard InChI is InChI=1S/C24H30FN3O6S.C23H28FN3O6S.C4H7ClO2/c1-15-21(32-16-9-11-28(12-10-16)23(29)34-24(2,3)4)26-14-27-22(15)33-20-8-7-18(13-19(20)25)35(30,31)17-5-6-17;1-14(2)31-23(28)27-10-8-16(9-11-27)32-21-15(3)22(26-13-25-21)33-20-7-6-18(12-19(20)24)34(29,30)17-4-5-17;1-3(2)7-4(5)6/h7-8,13-14,16-17H,5-6,9-12H2,1-4H3;6-7,12-14,16-17H,4-5,8-11H2,1-3H3;3H,1-2H3. The van der Waals surface area contributed by atoms with Crippen molar-refractivity contribution in [3.63, 3.8) is 0 Å². The van der Waals surface area contributed by atoms with E-state index in [2.05, 4.69) is 24.7 Å². The van der Waals surface area contributed by atoms with Crippen LogP contribution in [0.4, 0.5) is 23.2 Å². The maximum Gasteiger partial charge on any atom is 0.410 e. The van der Waals surface area contributed by atoms with Crippen molar-refractivity contribution in [2.45, 2.75) is 164 Å². The van der Waals surface area contributed by atoms with E-state index in [4.69, 9.17) is 40.0 Å². The molecular formula is C51H65ClF2N6O14S2. The molecule has 25 heteroatoms. The van der Waals surface area contributed by atoms with Crippen LogP contribution in [0.1, 0.15) is 111 Å². The number of amides is 2. The molecular weight excluding hydrogens is 1060 g/mol. The quantitative estimate of drug-likeness (QED) is 0.0842. The number of benzene rings is 2. The van der Waals surface area contributed by atoms with Crippen LogP contribution in [-0.4, -0.2) is 131 Å². The van der Waals surface area contributed by atoms with Gasteiger partial charge in [-0.25, -0.2) is 59.9 Å². The van der Waals surface area contributed by atoms with Crippen molar-refractivity contribution in [2.24, 2.45) is 0 Å². The molecule has 4 heterocycles. The molecule has 4 fully saturated rings. The van der Waals surface area contributed by atoms with Gasteiger partial charge in [0.25, 0.3) is 0 Å². The van der Waals surface area contributed by atoms with E-state index in [1.165, 1.54) is 36.9 Å². The summed E-state index contributed by atoms with van der Waals surface area (Å²) in [6.07, 6.45) is 6.07. The molecule has 2 aliphatic carbocycles. The van der Waals surface area contributed by atoms with Crippen LogP contribution in [0.25, 0.3) is 0 Å². The Morgan fingerprint density at radius 1 is 0.592 bits per heavy atom. The Balaban J connectivity index is 0.000000219. The highest BCUT2D eigenvalue weighted by Gasteiger charge is 2.38. The van der Waals surface area contributed by atoms with Gasteiger partial charge in [0.1, 0.15) is 30.5 Å². The van der Waals surface area contributed by atoms with Gasteiger partial charge in [-0.3, -0.25) is 0 Å². The topological polar surface area (TPSA) is 242 Å². The second kappa shape index (κ2) is 25.3. The summed E-state index contributed by atoms with van der Waals surface area (Å²) in [5.74, 6) is -1.03. The number of rotatable bonds is 14. The second-order valence-corrected chi connectivity index (χ2v) is 24.8. The lowest BCUT2D eigenvalue weighted by molar-refractivity contribution is 0.0121. The van der Waals surface area contributed by atoms with Crippen LogP contribution in [0, 0.1) is 25.5 Å². The average Bonchev–Trinajstić information content (AvgIpc) is 4.27. The van der Waals surface area contributed by atoms with Crippen molar-refractivity contribution in [3.05, 3.63) is 71.8 Å². The van der Waals surface area contributed by atoms with Crippen molar-refractivity contribution in [1.82, 2.24) is 29.7 Å². The zero-order valence-electron chi connectivity index (χ0n) is 43.9. The van der Waals surface area contributed by atoms with Crippen molar-refractivity contribution >= 4 is 48.9 Å². The van der Waals surface area contributed by atoms with Gasteiger partial charge in [0.05, 0.1) is 43.6 Å². The third-order valence-electron chi connectivity index (χ3n) is 11.8. The van der Waals surface area contributed by atoms with Crippen molar-refractivity contribution in [2.75, 3.05) is 26.2 Å². The maximum atomic E-state index is 14.7. The molecule has 2 aliphatic heterocycles. The van der Waals surface area contributed by atoms with E-state index in [-0.39, 0.29) is 69.7 Å². The van der Waals surface area contributed by atoms with Crippen LogP contribution in [0.5, 0.6) is 35.0 Å². The molecule has 4 aliphatic rings. The van der Waals surface area contributed by atoms with Crippen LogP contribution < -0.4 is 18.9 Å². The Kier molecular flexibility index (Phi) is 19.7. The minimum atomic E-state index is -3.50. The highest BCUT2D eigenvalue weighted by molar-refractivity contribution is 7.92. The summed E-state index contributed by atoms with van der Waals surface area (Å²) in [6.45, 7) is 18.0. The van der Waals surface area contributed by atoms with Crippen molar-refractivity contribution in [1.29, 1.82) is 0 Å². The molecule has 0 N–H and O–H groups in total. The number of hydrogen-bond acceptors (Lipinski definition) is 18. The fraction of sp³-hybridized carbons (Fsp3) is 0.549. The van der Waals surface area contributed by atoms with Gasteiger partial charge in [-0.15, -0.1) is 0 Å². The van der Waals surface area contributed by atoms with Gasteiger partial charge in [0.15, 0.2) is 42.8 Å². The summed E-state index contributed by atoms with van der Waals surface area (Å²) in [5.41, 5.74) is -0.325. The van der Waals surface area contributed by atoms with Crippen LogP contribution in [0.15, 0.2) is 58.8 Å². The van der Waals surface area contributed by atoms with Crippen LogP contribution >= 0.6 is 11.6 Å². The number of hydrogen-bond donors (Lipinski definition) is 0. The van der Waals surface area contributed by atoms with Crippen LogP contribution in [0.3, 0.4) is 0 Å². The van der Waals surface area contributed by atoms with Gasteiger partial charge in [0, 0.05) is 63.5 Å². The molecule has 2 saturated carbocycles. The predicted molar refractivity (Wildman–Crippen MR) is 273 cm³/mol. The van der Waals surface area contributed by atoms with Crippen LogP contribution in [0.2, 0.25) is 0 Å². The number of carbonyl (C=O) groups is 3. The molecule has 0 spiro atoms. The van der Waals surface area contributed by atoms with Gasteiger partial charge in [0.2, 0.25) is 23.5 Å². The fourth-order valence-corrected chi connectivity index (χ4v) is 11.0. The highest BCUT2D eigenvalue weighted by Crippen LogP contribution is 2.38. The zero-order chi connectivity index (χ0) is 55.7. The van der Waals surface area contributed by atoms with Gasteiger partial charge < -0.3 is 43.0 Å². The number of piperidine rings is 2. The Bertz CT molecular complexity index is 2920. The minimum absolute atomic E-state index is 0.0492. The second-order valence-electron chi connectivity index (χ2n) is 20.0. The Labute approximate surface area is 446 Å². The number of likely N-dealkylation sites (tertiary alicyclic amines) is 2. The average molecular weight is 1120 g/mol. The molecule has 2 aromatic heterocycles. The van der Waals surface area contributed by atoms with Crippen molar-refractivity contribution < 1.29 is 73.2 Å². The van der Waals surface area contributed by atoms with Gasteiger partial charge >= 0.3 is 17.6 Å². The number of ether oxygens (including phenoxy) is 7. The SMILES string of the molecule is CC(C)OC(=O)Cl.Cc1c(Oc2ccc(S(=O)(=O)C3CC3)cc2F)ncnc1OC1CCN(C(=O)OC(C)(C)C)CC1.Cc1c(Oc2ccc(S(=O)(=O)C3CC3)cc2F)ncnc1OC1CCN(C(=O)OC(C)C)CC1. The van der Waals surface area contributed by atoms with E-state index in [1.54, 1.807) is 37.5 Å².